The molecule has 2 aliphatic carbocycles. The molecule has 0 N–H and O–H groups in total. The van der Waals surface area contributed by atoms with Crippen LogP contribution in [0.4, 0.5) is 5.69 Å². The van der Waals surface area contributed by atoms with Crippen LogP contribution < -0.4 is 4.90 Å². The van der Waals surface area contributed by atoms with Gasteiger partial charge < -0.3 is 0 Å². The van der Waals surface area contributed by atoms with Crippen molar-refractivity contribution < 1.29 is 9.59 Å². The van der Waals surface area contributed by atoms with E-state index in [9.17, 15) is 9.59 Å². The molecule has 1 heterocycles. The molecule has 5 atom stereocenters. The van der Waals surface area contributed by atoms with Crippen LogP contribution in [0.3, 0.4) is 0 Å². The van der Waals surface area contributed by atoms with Crippen molar-refractivity contribution >= 4 is 40.7 Å². The van der Waals surface area contributed by atoms with Gasteiger partial charge in [-0.05, 0) is 54.4 Å². The molecular formula is C21H17Cl2NO2. The lowest BCUT2D eigenvalue weighted by atomic mass is 9.73. The molecule has 0 radical (unpaired) electrons. The van der Waals surface area contributed by atoms with Gasteiger partial charge in [-0.25, -0.2) is 4.90 Å². The van der Waals surface area contributed by atoms with Gasteiger partial charge in [-0.2, -0.15) is 0 Å². The number of fused-ring (bicyclic) bond motifs is 5. The molecule has 2 bridgehead atoms. The van der Waals surface area contributed by atoms with Gasteiger partial charge in [0.05, 0.1) is 22.5 Å². The topological polar surface area (TPSA) is 37.4 Å². The van der Waals surface area contributed by atoms with E-state index in [1.54, 1.807) is 18.2 Å². The highest BCUT2D eigenvalue weighted by atomic mass is 35.5. The molecule has 2 amide bonds. The molecule has 2 aromatic carbocycles. The summed E-state index contributed by atoms with van der Waals surface area (Å²) in [6, 6.07) is 15.3. The Kier molecular flexibility index (Phi) is 3.67. The van der Waals surface area contributed by atoms with Crippen molar-refractivity contribution in [2.75, 3.05) is 4.90 Å². The van der Waals surface area contributed by atoms with Gasteiger partial charge in [0, 0.05) is 5.02 Å². The summed E-state index contributed by atoms with van der Waals surface area (Å²) in [5.41, 5.74) is 1.69. The lowest BCUT2D eigenvalue weighted by Gasteiger charge is -2.28. The maximum Gasteiger partial charge on any atom is 0.238 e. The van der Waals surface area contributed by atoms with E-state index in [4.69, 9.17) is 23.2 Å². The second-order valence-corrected chi connectivity index (χ2v) is 8.42. The van der Waals surface area contributed by atoms with Gasteiger partial charge in [0.25, 0.3) is 0 Å². The SMILES string of the molecule is O=C1C2C3CC(c4ccccc4)C(C3)C2C(=O)N1c1cc(Cl)ccc1Cl. The van der Waals surface area contributed by atoms with Gasteiger partial charge in [0.2, 0.25) is 11.8 Å². The van der Waals surface area contributed by atoms with Crippen molar-refractivity contribution in [2.45, 2.75) is 18.8 Å². The highest BCUT2D eigenvalue weighted by molar-refractivity contribution is 6.37. The lowest BCUT2D eigenvalue weighted by molar-refractivity contribution is -0.123. The minimum Gasteiger partial charge on any atom is -0.274 e. The van der Waals surface area contributed by atoms with Crippen LogP contribution in [-0.2, 0) is 9.59 Å². The molecule has 2 saturated carbocycles. The van der Waals surface area contributed by atoms with E-state index >= 15 is 0 Å². The summed E-state index contributed by atoms with van der Waals surface area (Å²) in [6.45, 7) is 0. The average Bonchev–Trinajstić information content (AvgIpc) is 3.30. The van der Waals surface area contributed by atoms with Crippen molar-refractivity contribution in [2.24, 2.45) is 23.7 Å². The number of hydrogen-bond donors (Lipinski definition) is 0. The molecule has 3 aliphatic rings. The summed E-state index contributed by atoms with van der Waals surface area (Å²) in [5.74, 6) is 0.194. The third-order valence-corrected chi connectivity index (χ3v) is 6.95. The van der Waals surface area contributed by atoms with Crippen LogP contribution in [0.5, 0.6) is 0 Å². The Bertz CT molecular complexity index is 913. The number of nitrogens with zero attached hydrogens (tertiary/aromatic N) is 1. The first kappa shape index (κ1) is 16.3. The van der Waals surface area contributed by atoms with E-state index in [1.807, 2.05) is 18.2 Å². The predicted molar refractivity (Wildman–Crippen MR) is 101 cm³/mol. The summed E-state index contributed by atoms with van der Waals surface area (Å²) in [4.78, 5) is 27.6. The molecule has 5 rings (SSSR count). The van der Waals surface area contributed by atoms with E-state index in [1.165, 1.54) is 10.5 Å². The van der Waals surface area contributed by atoms with Crippen molar-refractivity contribution in [3.8, 4) is 0 Å². The molecule has 3 fully saturated rings. The zero-order chi connectivity index (χ0) is 18.0. The summed E-state index contributed by atoms with van der Waals surface area (Å²) >= 11 is 12.3. The fourth-order valence-corrected chi connectivity index (χ4v) is 5.81. The molecule has 132 valence electrons. The van der Waals surface area contributed by atoms with Crippen LogP contribution in [0.2, 0.25) is 10.0 Å². The molecule has 5 heteroatoms. The Balaban J connectivity index is 1.52. The normalized spacial score (nSPS) is 32.4. The first-order valence-electron chi connectivity index (χ1n) is 8.94. The van der Waals surface area contributed by atoms with Crippen LogP contribution in [0.25, 0.3) is 0 Å². The summed E-state index contributed by atoms with van der Waals surface area (Å²) in [7, 11) is 0. The van der Waals surface area contributed by atoms with E-state index in [-0.39, 0.29) is 35.5 Å². The Morgan fingerprint density at radius 1 is 0.885 bits per heavy atom. The molecule has 2 aromatic rings. The number of carbonyl (C=O) groups excluding carboxylic acids is 2. The molecule has 5 unspecified atom stereocenters. The first-order valence-corrected chi connectivity index (χ1v) is 9.69. The monoisotopic (exact) mass is 385 g/mol. The van der Waals surface area contributed by atoms with Crippen molar-refractivity contribution in [1.82, 2.24) is 0 Å². The maximum absolute atomic E-state index is 13.2. The highest BCUT2D eigenvalue weighted by Gasteiger charge is 2.64. The standard InChI is InChI=1S/C21H17Cl2NO2/c22-13-6-7-16(23)17(10-13)24-20(25)18-12-8-14(11-4-2-1-3-5-11)15(9-12)19(18)21(24)26/h1-7,10,12,14-15,18-19H,8-9H2. The highest BCUT2D eigenvalue weighted by Crippen LogP contribution is 2.62. The van der Waals surface area contributed by atoms with E-state index in [2.05, 4.69) is 12.1 Å². The Hall–Kier alpha value is -1.84. The second kappa shape index (κ2) is 5.83. The quantitative estimate of drug-likeness (QED) is 0.687. The van der Waals surface area contributed by atoms with Gasteiger partial charge in [0.15, 0.2) is 0 Å². The van der Waals surface area contributed by atoms with Gasteiger partial charge in [0.1, 0.15) is 0 Å². The molecule has 0 aromatic heterocycles. The fraction of sp³-hybridized carbons (Fsp3) is 0.333. The number of rotatable bonds is 2. The van der Waals surface area contributed by atoms with Crippen LogP contribution in [0.15, 0.2) is 48.5 Å². The number of hydrogen-bond acceptors (Lipinski definition) is 2. The summed E-state index contributed by atoms with van der Waals surface area (Å²) in [5, 5.41) is 0.843. The van der Waals surface area contributed by atoms with Gasteiger partial charge in [-0.1, -0.05) is 53.5 Å². The molecule has 26 heavy (non-hydrogen) atoms. The molecule has 1 aliphatic heterocycles. The van der Waals surface area contributed by atoms with Crippen molar-refractivity contribution in [3.05, 3.63) is 64.1 Å². The number of amides is 2. The number of carbonyl (C=O) groups is 2. The fourth-order valence-electron chi connectivity index (χ4n) is 5.44. The third-order valence-electron chi connectivity index (χ3n) is 6.39. The minimum atomic E-state index is -0.235. The minimum absolute atomic E-state index is 0.108. The van der Waals surface area contributed by atoms with Crippen LogP contribution >= 0.6 is 23.2 Å². The van der Waals surface area contributed by atoms with E-state index in [0.717, 1.165) is 12.8 Å². The van der Waals surface area contributed by atoms with Gasteiger partial charge in [-0.15, -0.1) is 0 Å². The molecule has 3 nitrogen and oxygen atoms in total. The number of halogens is 2. The summed E-state index contributed by atoms with van der Waals surface area (Å²) < 4.78 is 0. The zero-order valence-electron chi connectivity index (χ0n) is 13.9. The smallest absolute Gasteiger partial charge is 0.238 e. The Morgan fingerprint density at radius 2 is 1.62 bits per heavy atom. The van der Waals surface area contributed by atoms with Crippen LogP contribution in [0, 0.1) is 23.7 Å². The molecule has 1 saturated heterocycles. The second-order valence-electron chi connectivity index (χ2n) is 7.57. The van der Waals surface area contributed by atoms with Gasteiger partial charge in [-0.3, -0.25) is 9.59 Å². The first-order chi connectivity index (χ1) is 12.6. The maximum atomic E-state index is 13.2. The Morgan fingerprint density at radius 3 is 2.38 bits per heavy atom. The third kappa shape index (κ3) is 2.20. The van der Waals surface area contributed by atoms with E-state index < -0.39 is 0 Å². The number of benzene rings is 2. The van der Waals surface area contributed by atoms with Crippen LogP contribution in [0.1, 0.15) is 24.3 Å². The van der Waals surface area contributed by atoms with Crippen LogP contribution in [-0.4, -0.2) is 11.8 Å². The van der Waals surface area contributed by atoms with Crippen molar-refractivity contribution in [1.29, 1.82) is 0 Å². The average molecular weight is 386 g/mol. The summed E-state index contributed by atoms with van der Waals surface area (Å²) in [6.07, 6.45) is 1.94. The number of imide groups is 1. The van der Waals surface area contributed by atoms with Gasteiger partial charge >= 0.3 is 0 Å². The molecular weight excluding hydrogens is 369 g/mol. The molecule has 0 spiro atoms. The lowest BCUT2D eigenvalue weighted by Crippen LogP contribution is -2.33. The van der Waals surface area contributed by atoms with Crippen molar-refractivity contribution in [3.63, 3.8) is 0 Å². The Labute approximate surface area is 161 Å². The number of anilines is 1. The largest absolute Gasteiger partial charge is 0.274 e. The zero-order valence-corrected chi connectivity index (χ0v) is 15.5. The predicted octanol–water partition coefficient (Wildman–Crippen LogP) is 4.92. The van der Waals surface area contributed by atoms with E-state index in [0.29, 0.717) is 21.7 Å².